The highest BCUT2D eigenvalue weighted by Crippen LogP contribution is 2.49. The molecule has 0 rings (SSSR count). The molecule has 2 N–H and O–H groups in total. The zero-order valence-electron chi connectivity index (χ0n) is 29.3. The lowest BCUT2D eigenvalue weighted by Crippen LogP contribution is -2.16. The predicted molar refractivity (Wildman–Crippen MR) is 180 cm³/mol. The number of phosphoric acid groups is 1. The molecule has 0 spiro atoms. The van der Waals surface area contributed by atoms with Crippen LogP contribution >= 0.6 is 7.82 Å². The van der Waals surface area contributed by atoms with Gasteiger partial charge in [-0.1, -0.05) is 119 Å². The first-order chi connectivity index (χ1) is 20.0. The minimum absolute atomic E-state index is 0.333. The van der Waals surface area contributed by atoms with Gasteiger partial charge in [-0.25, -0.2) is 4.57 Å². The van der Waals surface area contributed by atoms with Gasteiger partial charge in [0, 0.05) is 13.3 Å². The van der Waals surface area contributed by atoms with Crippen LogP contribution in [0.15, 0.2) is 0 Å². The first-order valence-corrected chi connectivity index (χ1v) is 18.7. The van der Waals surface area contributed by atoms with E-state index >= 15 is 0 Å². The monoisotopic (exact) mass is 622 g/mol. The Labute approximate surface area is 261 Å². The van der Waals surface area contributed by atoms with Crippen molar-refractivity contribution in [3.63, 3.8) is 0 Å². The van der Waals surface area contributed by atoms with E-state index in [1.165, 1.54) is 71.1 Å². The zero-order chi connectivity index (χ0) is 32.7. The number of hydrogen-bond donors (Lipinski definition) is 1. The van der Waals surface area contributed by atoms with E-state index in [9.17, 15) is 14.2 Å². The molecule has 1 amide bonds. The van der Waals surface area contributed by atoms with Gasteiger partial charge in [0.2, 0.25) is 5.91 Å². The summed E-state index contributed by atoms with van der Waals surface area (Å²) in [4.78, 5) is 20.8. The SMILES string of the molecule is CC(N)=O.CCCCC(CC)CC(CC(C)=O)CC(CC)CCCC.CCCCOP(=O)(OCCCC)OCCCC. The molecule has 0 saturated carbocycles. The minimum Gasteiger partial charge on any atom is -0.370 e. The Kier molecular flexibility index (Phi) is 36.1. The van der Waals surface area contributed by atoms with E-state index in [0.29, 0.717) is 31.5 Å². The molecule has 0 aliphatic rings. The average Bonchev–Trinajstić information content (AvgIpc) is 2.93. The predicted octanol–water partition coefficient (Wildman–Crippen LogP) is 10.8. The summed E-state index contributed by atoms with van der Waals surface area (Å²) < 4.78 is 28.0. The fourth-order valence-corrected chi connectivity index (χ4v) is 5.93. The van der Waals surface area contributed by atoms with Crippen LogP contribution < -0.4 is 5.73 Å². The van der Waals surface area contributed by atoms with Crippen LogP contribution in [0.2, 0.25) is 0 Å². The van der Waals surface area contributed by atoms with E-state index in [2.05, 4.69) is 54.2 Å². The quantitative estimate of drug-likeness (QED) is 0.0761. The molecule has 254 valence electrons. The van der Waals surface area contributed by atoms with Crippen molar-refractivity contribution < 1.29 is 27.7 Å². The van der Waals surface area contributed by atoms with Gasteiger partial charge >= 0.3 is 7.82 Å². The van der Waals surface area contributed by atoms with E-state index in [4.69, 9.17) is 13.6 Å². The Bertz CT molecular complexity index is 590. The van der Waals surface area contributed by atoms with Crippen molar-refractivity contribution in [2.75, 3.05) is 19.8 Å². The fourth-order valence-electron chi connectivity index (χ4n) is 4.65. The molecular formula is C34H72NO6P. The summed E-state index contributed by atoms with van der Waals surface area (Å²) in [6.07, 6.45) is 19.5. The van der Waals surface area contributed by atoms with Crippen LogP contribution in [-0.4, -0.2) is 31.5 Å². The summed E-state index contributed by atoms with van der Waals surface area (Å²) in [5.74, 6) is 2.35. The lowest BCUT2D eigenvalue weighted by atomic mass is 9.79. The van der Waals surface area contributed by atoms with Gasteiger partial charge in [0.25, 0.3) is 0 Å². The second-order valence-corrected chi connectivity index (χ2v) is 13.4. The van der Waals surface area contributed by atoms with Gasteiger partial charge in [-0.2, -0.15) is 0 Å². The number of carbonyl (C=O) groups is 2. The highest BCUT2D eigenvalue weighted by atomic mass is 31.2. The normalized spacial score (nSPS) is 13.3. The third-order valence-corrected chi connectivity index (χ3v) is 8.73. The molecule has 2 atom stereocenters. The lowest BCUT2D eigenvalue weighted by molar-refractivity contribution is -0.118. The standard InChI is InChI=1S/C20H40O.C12H27O4P.C2H5NO/c1-6-10-12-18(8-3)15-20(14-17(5)21)16-19(9-4)13-11-7-2;1-4-7-10-14-17(13,15-11-8-5-2)16-12-9-6-3;1-2(3)4/h18-20H,6-16H2,1-5H3;4-12H2,1-3H3;1H3,(H2,3,4). The van der Waals surface area contributed by atoms with Crippen LogP contribution in [-0.2, 0) is 27.7 Å². The van der Waals surface area contributed by atoms with Gasteiger partial charge in [-0.3, -0.25) is 18.4 Å². The molecule has 0 aliphatic carbocycles. The lowest BCUT2D eigenvalue weighted by Gasteiger charge is -2.26. The maximum Gasteiger partial charge on any atom is 0.474 e. The summed E-state index contributed by atoms with van der Waals surface area (Å²) in [6, 6.07) is 0. The molecule has 2 unspecified atom stereocenters. The van der Waals surface area contributed by atoms with Crippen molar-refractivity contribution in [3.8, 4) is 0 Å². The third kappa shape index (κ3) is 33.7. The number of ketones is 1. The number of primary amides is 1. The minimum atomic E-state index is -3.31. The second kappa shape index (κ2) is 33.1. The molecule has 0 saturated heterocycles. The fraction of sp³-hybridized carbons (Fsp3) is 0.941. The molecule has 8 heteroatoms. The van der Waals surface area contributed by atoms with Crippen LogP contribution in [0.3, 0.4) is 0 Å². The van der Waals surface area contributed by atoms with Gasteiger partial charge in [0.1, 0.15) is 5.78 Å². The molecule has 0 aromatic rings. The van der Waals surface area contributed by atoms with Crippen LogP contribution in [0.5, 0.6) is 0 Å². The summed E-state index contributed by atoms with van der Waals surface area (Å²) in [5, 5.41) is 0. The number of phosphoric ester groups is 1. The first kappa shape index (κ1) is 45.7. The Morgan fingerprint density at radius 3 is 1.14 bits per heavy atom. The molecule has 0 aromatic heterocycles. The van der Waals surface area contributed by atoms with Gasteiger partial charge in [0.15, 0.2) is 0 Å². The van der Waals surface area contributed by atoms with E-state index in [1.807, 2.05) is 0 Å². The summed E-state index contributed by atoms with van der Waals surface area (Å²) in [6.45, 7) is 19.8. The van der Waals surface area contributed by atoms with Crippen LogP contribution in [0, 0.1) is 17.8 Å². The van der Waals surface area contributed by atoms with Gasteiger partial charge in [-0.05, 0) is 56.8 Å². The van der Waals surface area contributed by atoms with Gasteiger partial charge < -0.3 is 10.5 Å². The molecule has 0 aromatic carbocycles. The maximum absolute atomic E-state index is 12.2. The van der Waals surface area contributed by atoms with Crippen molar-refractivity contribution >= 4 is 19.5 Å². The van der Waals surface area contributed by atoms with Crippen molar-refractivity contribution in [2.45, 2.75) is 171 Å². The topological polar surface area (TPSA) is 105 Å². The average molecular weight is 622 g/mol. The smallest absolute Gasteiger partial charge is 0.370 e. The van der Waals surface area contributed by atoms with Gasteiger partial charge in [0.05, 0.1) is 19.8 Å². The highest BCUT2D eigenvalue weighted by molar-refractivity contribution is 7.48. The van der Waals surface area contributed by atoms with Crippen molar-refractivity contribution in [1.29, 1.82) is 0 Å². The van der Waals surface area contributed by atoms with E-state index in [-0.39, 0.29) is 5.91 Å². The number of nitrogens with two attached hydrogens (primary N) is 1. The Hall–Kier alpha value is -0.750. The van der Waals surface area contributed by atoms with Crippen LogP contribution in [0.1, 0.15) is 171 Å². The molecule has 7 nitrogen and oxygen atoms in total. The molecular weight excluding hydrogens is 549 g/mol. The number of carbonyl (C=O) groups excluding carboxylic acids is 2. The summed E-state index contributed by atoms with van der Waals surface area (Å²) in [5.41, 5.74) is 4.47. The summed E-state index contributed by atoms with van der Waals surface area (Å²) >= 11 is 0. The Morgan fingerprint density at radius 2 is 0.905 bits per heavy atom. The van der Waals surface area contributed by atoms with Crippen LogP contribution in [0.25, 0.3) is 0 Å². The number of hydrogen-bond acceptors (Lipinski definition) is 6. The molecule has 0 aliphatic heterocycles. The third-order valence-electron chi connectivity index (χ3n) is 7.24. The highest BCUT2D eigenvalue weighted by Gasteiger charge is 2.26. The van der Waals surface area contributed by atoms with Gasteiger partial charge in [-0.15, -0.1) is 0 Å². The number of unbranched alkanes of at least 4 members (excludes halogenated alkanes) is 5. The largest absolute Gasteiger partial charge is 0.474 e. The second-order valence-electron chi connectivity index (χ2n) is 11.7. The van der Waals surface area contributed by atoms with Crippen molar-refractivity contribution in [1.82, 2.24) is 0 Å². The van der Waals surface area contributed by atoms with Crippen molar-refractivity contribution in [3.05, 3.63) is 0 Å². The number of amides is 1. The zero-order valence-corrected chi connectivity index (χ0v) is 30.2. The summed E-state index contributed by atoms with van der Waals surface area (Å²) in [7, 11) is -3.31. The van der Waals surface area contributed by atoms with E-state index in [1.54, 1.807) is 6.92 Å². The Morgan fingerprint density at radius 1 is 0.595 bits per heavy atom. The molecule has 0 bridgehead atoms. The Balaban J connectivity index is -0.000000652. The molecule has 0 heterocycles. The number of rotatable bonds is 26. The van der Waals surface area contributed by atoms with E-state index < -0.39 is 7.82 Å². The van der Waals surface area contributed by atoms with Crippen molar-refractivity contribution in [2.24, 2.45) is 23.5 Å². The van der Waals surface area contributed by atoms with E-state index in [0.717, 1.165) is 56.8 Å². The molecule has 42 heavy (non-hydrogen) atoms. The first-order valence-electron chi connectivity index (χ1n) is 17.3. The molecule has 0 fully saturated rings. The molecule has 0 radical (unpaired) electrons. The number of Topliss-reactive ketones (excluding diaryl/α,β-unsaturated/α-hetero) is 1. The maximum atomic E-state index is 12.2. The van der Waals surface area contributed by atoms with Crippen LogP contribution in [0.4, 0.5) is 0 Å².